The van der Waals surface area contributed by atoms with Crippen LogP contribution in [0.15, 0.2) is 121 Å². The molecule has 2 heterocycles. The van der Waals surface area contributed by atoms with Gasteiger partial charge in [0.25, 0.3) is 0 Å². The fourth-order valence-corrected chi connectivity index (χ4v) is 5.37. The summed E-state index contributed by atoms with van der Waals surface area (Å²) < 4.78 is 2.19. The summed E-state index contributed by atoms with van der Waals surface area (Å²) in [6, 6.07) is 40.7. The summed E-state index contributed by atoms with van der Waals surface area (Å²) in [6.45, 7) is 8.91. The van der Waals surface area contributed by atoms with E-state index < -0.39 is 0 Å². The van der Waals surface area contributed by atoms with E-state index >= 15 is 0 Å². The maximum atomic E-state index is 5.15. The Morgan fingerprint density at radius 3 is 1.59 bits per heavy atom. The van der Waals surface area contributed by atoms with Gasteiger partial charge in [0, 0.05) is 43.4 Å². The molecule has 0 N–H and O–H groups in total. The molecular weight excluding hydrogens is 701 g/mol. The van der Waals surface area contributed by atoms with Crippen LogP contribution in [0.3, 0.4) is 0 Å². The third-order valence-corrected chi connectivity index (χ3v) is 7.50. The number of pyridine rings is 1. The SMILES string of the molecule is CC(C)c1cccc(C(C)C)c1[N-]c1ccc2ccn(-c3cc(-c4ccccc4)cc(-c4ccccc4)c3)c2n1.[CH3-].[CH3-].[CH3-].[Hf]. The molecule has 226 valence electrons. The second kappa shape index (κ2) is 15.8. The minimum Gasteiger partial charge on any atom is -0.436 e. The molecule has 44 heavy (non-hydrogen) atoms. The quantitative estimate of drug-likeness (QED) is 0.118. The first-order chi connectivity index (χ1) is 19.5. The molecule has 0 aliphatic heterocycles. The molecule has 3 nitrogen and oxygen atoms in total. The predicted molar refractivity (Wildman–Crippen MR) is 188 cm³/mol. The van der Waals surface area contributed by atoms with Crippen LogP contribution in [-0.2, 0) is 25.8 Å². The van der Waals surface area contributed by atoms with Crippen molar-refractivity contribution in [1.29, 1.82) is 0 Å². The summed E-state index contributed by atoms with van der Waals surface area (Å²) in [5.74, 6) is 1.48. The molecule has 0 bridgehead atoms. The van der Waals surface area contributed by atoms with Crippen LogP contribution in [0.25, 0.3) is 44.3 Å². The fourth-order valence-electron chi connectivity index (χ4n) is 5.37. The van der Waals surface area contributed by atoms with Gasteiger partial charge in [0.2, 0.25) is 0 Å². The Morgan fingerprint density at radius 1 is 0.568 bits per heavy atom. The zero-order valence-corrected chi connectivity index (χ0v) is 30.6. The third kappa shape index (κ3) is 7.47. The van der Waals surface area contributed by atoms with E-state index in [0.717, 1.165) is 28.2 Å². The fraction of sp³-hybridized carbons (Fsp3) is 0.150. The summed E-state index contributed by atoms with van der Waals surface area (Å²) >= 11 is 0. The summed E-state index contributed by atoms with van der Waals surface area (Å²) in [5, 5.41) is 6.24. The monoisotopic (exact) mass is 745 g/mol. The molecule has 0 amide bonds. The Morgan fingerprint density at radius 2 is 1.09 bits per heavy atom. The second-order valence-corrected chi connectivity index (χ2v) is 11.0. The molecule has 4 aromatic carbocycles. The minimum absolute atomic E-state index is 0. The van der Waals surface area contributed by atoms with Crippen molar-refractivity contribution < 1.29 is 25.8 Å². The molecule has 2 aromatic heterocycles. The molecule has 0 fully saturated rings. The van der Waals surface area contributed by atoms with Crippen LogP contribution in [0.4, 0.5) is 11.5 Å². The molecule has 0 saturated heterocycles. The zero-order valence-electron chi connectivity index (χ0n) is 27.0. The Kier molecular flexibility index (Phi) is 13.1. The summed E-state index contributed by atoms with van der Waals surface area (Å²) in [7, 11) is 0. The number of para-hydroxylation sites is 1. The summed E-state index contributed by atoms with van der Waals surface area (Å²) in [5.41, 5.74) is 10.3. The first-order valence-electron chi connectivity index (χ1n) is 14.1. The topological polar surface area (TPSA) is 31.9 Å². The first kappa shape index (κ1) is 36.4. The maximum absolute atomic E-state index is 5.15. The van der Waals surface area contributed by atoms with Gasteiger partial charge in [-0.05, 0) is 80.6 Å². The van der Waals surface area contributed by atoms with Crippen LogP contribution in [0.2, 0.25) is 0 Å². The molecule has 4 heteroatoms. The van der Waals surface area contributed by atoms with Gasteiger partial charge in [-0.1, -0.05) is 125 Å². The molecule has 6 aromatic rings. The maximum Gasteiger partial charge on any atom is 0.0464 e. The van der Waals surface area contributed by atoms with E-state index in [9.17, 15) is 0 Å². The van der Waals surface area contributed by atoms with Gasteiger partial charge in [-0.25, -0.2) is 0 Å². The van der Waals surface area contributed by atoms with E-state index in [4.69, 9.17) is 10.3 Å². The molecule has 0 saturated carbocycles. The molecular formula is C40H43HfN3-4. The average molecular weight is 744 g/mol. The van der Waals surface area contributed by atoms with Gasteiger partial charge < -0.3 is 37.1 Å². The minimum atomic E-state index is 0. The van der Waals surface area contributed by atoms with E-state index in [2.05, 4.69) is 148 Å². The van der Waals surface area contributed by atoms with Gasteiger partial charge in [-0.3, -0.25) is 0 Å². The van der Waals surface area contributed by atoms with Crippen molar-refractivity contribution in [3.8, 4) is 27.9 Å². The smallest absolute Gasteiger partial charge is 0.0464 e. The van der Waals surface area contributed by atoms with Crippen LogP contribution >= 0.6 is 0 Å². The molecule has 0 aliphatic carbocycles. The Bertz CT molecular complexity index is 1690. The van der Waals surface area contributed by atoms with E-state index in [1.54, 1.807) is 0 Å². The Hall–Kier alpha value is -3.76. The van der Waals surface area contributed by atoms with E-state index in [1.807, 2.05) is 6.07 Å². The molecule has 0 atom stereocenters. The van der Waals surface area contributed by atoms with Crippen LogP contribution in [-0.4, -0.2) is 9.55 Å². The Labute approximate surface area is 284 Å². The van der Waals surface area contributed by atoms with Crippen molar-refractivity contribution in [2.45, 2.75) is 39.5 Å². The number of hydrogen-bond donors (Lipinski definition) is 0. The van der Waals surface area contributed by atoms with Gasteiger partial charge in [-0.15, -0.1) is 0 Å². The van der Waals surface area contributed by atoms with Crippen molar-refractivity contribution >= 4 is 22.5 Å². The van der Waals surface area contributed by atoms with Gasteiger partial charge in [0.15, 0.2) is 0 Å². The normalized spacial score (nSPS) is 10.4. The third-order valence-electron chi connectivity index (χ3n) is 7.50. The van der Waals surface area contributed by atoms with Gasteiger partial charge in [-0.2, -0.15) is 0 Å². The zero-order chi connectivity index (χ0) is 27.6. The number of rotatable bonds is 7. The van der Waals surface area contributed by atoms with Crippen molar-refractivity contribution in [1.82, 2.24) is 9.55 Å². The summed E-state index contributed by atoms with van der Waals surface area (Å²) in [6.07, 6.45) is 2.11. The summed E-state index contributed by atoms with van der Waals surface area (Å²) in [4.78, 5) is 5.11. The molecule has 0 radical (unpaired) electrons. The van der Waals surface area contributed by atoms with E-state index in [0.29, 0.717) is 11.8 Å². The van der Waals surface area contributed by atoms with Crippen molar-refractivity contribution in [2.24, 2.45) is 0 Å². The molecule has 0 spiro atoms. The second-order valence-electron chi connectivity index (χ2n) is 11.0. The number of fused-ring (bicyclic) bond motifs is 1. The van der Waals surface area contributed by atoms with Crippen LogP contribution in [0.1, 0.15) is 50.7 Å². The first-order valence-corrected chi connectivity index (χ1v) is 14.1. The van der Waals surface area contributed by atoms with Crippen LogP contribution < -0.4 is 0 Å². The van der Waals surface area contributed by atoms with Crippen molar-refractivity contribution in [2.75, 3.05) is 0 Å². The van der Waals surface area contributed by atoms with Crippen LogP contribution in [0.5, 0.6) is 0 Å². The Balaban J connectivity index is 0.00000169. The van der Waals surface area contributed by atoms with Crippen molar-refractivity contribution in [3.63, 3.8) is 0 Å². The molecule has 6 rings (SSSR count). The van der Waals surface area contributed by atoms with Crippen molar-refractivity contribution in [3.05, 3.63) is 160 Å². The standard InChI is InChI=1S/C37H34N3.3CH3.Hf/c1-25(2)33-16-11-17-34(26(3)4)36(33)38-35-19-18-29-20-21-40(37(29)39-35)32-23-30(27-12-7-5-8-13-27)22-31(24-32)28-14-9-6-10-15-28;;;;/h5-26H,1-4H3;3*1H3;/q4*-1;. The number of benzene rings is 4. The molecule has 0 unspecified atom stereocenters. The van der Waals surface area contributed by atoms with Gasteiger partial charge in [0.05, 0.1) is 0 Å². The largest absolute Gasteiger partial charge is 0.436 e. The number of hydrogen-bond acceptors (Lipinski definition) is 1. The molecule has 0 aliphatic rings. The number of nitrogens with zero attached hydrogens (tertiary/aromatic N) is 3. The van der Waals surface area contributed by atoms with E-state index in [-0.39, 0.29) is 48.1 Å². The predicted octanol–water partition coefficient (Wildman–Crippen LogP) is 12.3. The number of aromatic nitrogens is 2. The van der Waals surface area contributed by atoms with E-state index in [1.165, 1.54) is 33.4 Å². The van der Waals surface area contributed by atoms with Crippen LogP contribution in [0, 0.1) is 22.3 Å². The van der Waals surface area contributed by atoms with Gasteiger partial charge >= 0.3 is 0 Å². The average Bonchev–Trinajstić information content (AvgIpc) is 3.41. The van der Waals surface area contributed by atoms with Gasteiger partial charge in [0.1, 0.15) is 0 Å².